The minimum Gasteiger partial charge on any atom is -0.493 e. The van der Waals surface area contributed by atoms with Crippen molar-refractivity contribution in [3.05, 3.63) is 53.3 Å². The number of nitrogens with zero attached hydrogens (tertiary/aromatic N) is 1. The van der Waals surface area contributed by atoms with Crippen molar-refractivity contribution in [2.45, 2.75) is 38.6 Å². The quantitative estimate of drug-likeness (QED) is 0.845. The average molecular weight is 334 g/mol. The number of hydrogen-bond donors (Lipinski definition) is 1. The molecule has 0 bridgehead atoms. The van der Waals surface area contributed by atoms with E-state index < -0.39 is 10.0 Å². The van der Waals surface area contributed by atoms with E-state index in [1.807, 2.05) is 13.8 Å². The zero-order valence-electron chi connectivity index (χ0n) is 13.7. The van der Waals surface area contributed by atoms with E-state index in [1.165, 1.54) is 0 Å². The fraction of sp³-hybridized carbons (Fsp3) is 0.353. The van der Waals surface area contributed by atoms with Crippen LogP contribution in [-0.2, 0) is 16.6 Å². The summed E-state index contributed by atoms with van der Waals surface area (Å²) in [5, 5.41) is 0. The number of aromatic nitrogens is 1. The van der Waals surface area contributed by atoms with Crippen LogP contribution in [0, 0.1) is 13.8 Å². The average Bonchev–Trinajstić information content (AvgIpc) is 2.54. The van der Waals surface area contributed by atoms with Gasteiger partial charge in [-0.2, -0.15) is 0 Å². The highest BCUT2D eigenvalue weighted by molar-refractivity contribution is 7.89. The lowest BCUT2D eigenvalue weighted by atomic mass is 10.1. The van der Waals surface area contributed by atoms with Gasteiger partial charge in [-0.05, 0) is 61.2 Å². The number of pyridine rings is 1. The first-order valence-corrected chi connectivity index (χ1v) is 9.05. The fourth-order valence-corrected chi connectivity index (χ4v) is 3.50. The molecule has 0 aliphatic rings. The highest BCUT2D eigenvalue weighted by atomic mass is 32.2. The lowest BCUT2D eigenvalue weighted by Gasteiger charge is -2.14. The van der Waals surface area contributed by atoms with Gasteiger partial charge in [-0.15, -0.1) is 0 Å². The topological polar surface area (TPSA) is 68.3 Å². The van der Waals surface area contributed by atoms with Gasteiger partial charge in [0.15, 0.2) is 0 Å². The minimum atomic E-state index is -3.57. The van der Waals surface area contributed by atoms with Gasteiger partial charge >= 0.3 is 0 Å². The molecule has 6 heteroatoms. The molecule has 1 N–H and O–H groups in total. The Kier molecular flexibility index (Phi) is 5.74. The van der Waals surface area contributed by atoms with Crippen LogP contribution >= 0.6 is 0 Å². The van der Waals surface area contributed by atoms with Crippen molar-refractivity contribution in [1.82, 2.24) is 9.71 Å². The van der Waals surface area contributed by atoms with E-state index in [1.54, 1.807) is 43.6 Å². The molecule has 0 amide bonds. The second kappa shape index (κ2) is 7.57. The third kappa shape index (κ3) is 4.53. The molecule has 0 unspecified atom stereocenters. The third-order valence-electron chi connectivity index (χ3n) is 3.44. The Morgan fingerprint density at radius 2 is 1.83 bits per heavy atom. The highest BCUT2D eigenvalue weighted by Crippen LogP contribution is 2.26. The van der Waals surface area contributed by atoms with Crippen LogP contribution in [0.1, 0.15) is 30.0 Å². The molecule has 0 aliphatic carbocycles. The van der Waals surface area contributed by atoms with Crippen LogP contribution in [0.4, 0.5) is 0 Å². The summed E-state index contributed by atoms with van der Waals surface area (Å²) >= 11 is 0. The summed E-state index contributed by atoms with van der Waals surface area (Å²) in [6, 6.07) is 7.01. The number of rotatable bonds is 7. The molecule has 0 saturated carbocycles. The first-order valence-electron chi connectivity index (χ1n) is 7.56. The van der Waals surface area contributed by atoms with Gasteiger partial charge in [0.05, 0.1) is 11.5 Å². The molecule has 0 atom stereocenters. The molecule has 1 aromatic heterocycles. The molecule has 5 nitrogen and oxygen atoms in total. The number of benzene rings is 1. The Balaban J connectivity index is 2.20. The molecular weight excluding hydrogens is 312 g/mol. The van der Waals surface area contributed by atoms with Crippen LogP contribution in [0.15, 0.2) is 41.6 Å². The smallest absolute Gasteiger partial charge is 0.241 e. The van der Waals surface area contributed by atoms with E-state index in [-0.39, 0.29) is 11.4 Å². The van der Waals surface area contributed by atoms with Gasteiger partial charge in [0.25, 0.3) is 0 Å². The summed E-state index contributed by atoms with van der Waals surface area (Å²) in [6.07, 6.45) is 4.18. The van der Waals surface area contributed by atoms with Crippen LogP contribution in [-0.4, -0.2) is 20.0 Å². The van der Waals surface area contributed by atoms with Crippen molar-refractivity contribution < 1.29 is 13.2 Å². The first kappa shape index (κ1) is 17.4. The van der Waals surface area contributed by atoms with Crippen molar-refractivity contribution in [3.63, 3.8) is 0 Å². The van der Waals surface area contributed by atoms with E-state index >= 15 is 0 Å². The molecular formula is C17H22N2O3S. The van der Waals surface area contributed by atoms with Gasteiger partial charge in [-0.25, -0.2) is 13.1 Å². The standard InChI is InChI=1S/C17H22N2O3S/c1-4-9-22-16-10-14(3)17(11-13(16)2)23(20,21)19-12-15-5-7-18-8-6-15/h5-8,10-11,19H,4,9,12H2,1-3H3. The van der Waals surface area contributed by atoms with E-state index in [9.17, 15) is 8.42 Å². The van der Waals surface area contributed by atoms with Gasteiger partial charge < -0.3 is 4.74 Å². The first-order chi connectivity index (χ1) is 10.9. The molecule has 2 aromatic rings. The Morgan fingerprint density at radius 1 is 1.13 bits per heavy atom. The van der Waals surface area contributed by atoms with Crippen LogP contribution in [0.3, 0.4) is 0 Å². The van der Waals surface area contributed by atoms with Gasteiger partial charge in [0.2, 0.25) is 10.0 Å². The summed E-state index contributed by atoms with van der Waals surface area (Å²) in [4.78, 5) is 4.20. The second-order valence-corrected chi connectivity index (χ2v) is 7.15. The molecule has 1 heterocycles. The predicted molar refractivity (Wildman–Crippen MR) is 90.0 cm³/mol. The van der Waals surface area contributed by atoms with Crippen molar-refractivity contribution >= 4 is 10.0 Å². The highest BCUT2D eigenvalue weighted by Gasteiger charge is 2.18. The van der Waals surface area contributed by atoms with Gasteiger partial charge in [-0.1, -0.05) is 6.92 Å². The molecule has 124 valence electrons. The minimum absolute atomic E-state index is 0.234. The third-order valence-corrected chi connectivity index (χ3v) is 4.98. The molecule has 0 fully saturated rings. The summed E-state index contributed by atoms with van der Waals surface area (Å²) < 4.78 is 33.3. The fourth-order valence-electron chi connectivity index (χ4n) is 2.18. The summed E-state index contributed by atoms with van der Waals surface area (Å²) in [7, 11) is -3.57. The van der Waals surface area contributed by atoms with E-state index in [0.29, 0.717) is 12.2 Å². The Labute approximate surface area is 137 Å². The van der Waals surface area contributed by atoms with Crippen LogP contribution in [0.25, 0.3) is 0 Å². The number of aryl methyl sites for hydroxylation is 2. The van der Waals surface area contributed by atoms with Gasteiger partial charge in [0, 0.05) is 18.9 Å². The van der Waals surface area contributed by atoms with E-state index in [0.717, 1.165) is 23.3 Å². The number of hydrogen-bond acceptors (Lipinski definition) is 4. The predicted octanol–water partition coefficient (Wildman–Crippen LogP) is 2.97. The van der Waals surface area contributed by atoms with Crippen LogP contribution in [0.5, 0.6) is 5.75 Å². The van der Waals surface area contributed by atoms with Crippen LogP contribution < -0.4 is 9.46 Å². The number of sulfonamides is 1. The molecule has 0 radical (unpaired) electrons. The molecule has 0 saturated heterocycles. The summed E-state index contributed by atoms with van der Waals surface area (Å²) in [5.74, 6) is 0.734. The molecule has 1 aromatic carbocycles. The van der Waals surface area contributed by atoms with Crippen molar-refractivity contribution in [2.75, 3.05) is 6.61 Å². The van der Waals surface area contributed by atoms with E-state index in [2.05, 4.69) is 9.71 Å². The Morgan fingerprint density at radius 3 is 2.48 bits per heavy atom. The molecule has 2 rings (SSSR count). The van der Waals surface area contributed by atoms with Gasteiger partial charge in [-0.3, -0.25) is 4.98 Å². The van der Waals surface area contributed by atoms with E-state index in [4.69, 9.17) is 4.74 Å². The second-order valence-electron chi connectivity index (χ2n) is 5.41. The number of nitrogens with one attached hydrogen (secondary N) is 1. The van der Waals surface area contributed by atoms with Crippen molar-refractivity contribution in [2.24, 2.45) is 0 Å². The Hall–Kier alpha value is -1.92. The van der Waals surface area contributed by atoms with Crippen molar-refractivity contribution in [3.8, 4) is 5.75 Å². The lowest BCUT2D eigenvalue weighted by Crippen LogP contribution is -2.24. The molecule has 0 spiro atoms. The SMILES string of the molecule is CCCOc1cc(C)c(S(=O)(=O)NCc2ccncc2)cc1C. The van der Waals surface area contributed by atoms with Gasteiger partial charge in [0.1, 0.15) is 5.75 Å². The van der Waals surface area contributed by atoms with Crippen molar-refractivity contribution in [1.29, 1.82) is 0 Å². The summed E-state index contributed by atoms with van der Waals surface area (Å²) in [6.45, 7) is 6.51. The number of ether oxygens (including phenoxy) is 1. The lowest BCUT2D eigenvalue weighted by molar-refractivity contribution is 0.315. The molecule has 23 heavy (non-hydrogen) atoms. The normalized spacial score (nSPS) is 11.4. The maximum Gasteiger partial charge on any atom is 0.241 e. The molecule has 0 aliphatic heterocycles. The maximum atomic E-state index is 12.5. The monoisotopic (exact) mass is 334 g/mol. The van der Waals surface area contributed by atoms with Crippen LogP contribution in [0.2, 0.25) is 0 Å². The Bertz CT molecular complexity index is 759. The maximum absolute atomic E-state index is 12.5. The largest absolute Gasteiger partial charge is 0.493 e. The summed E-state index contributed by atoms with van der Waals surface area (Å²) in [5.41, 5.74) is 2.35. The zero-order valence-corrected chi connectivity index (χ0v) is 14.5. The zero-order chi connectivity index (χ0) is 16.9.